The van der Waals surface area contributed by atoms with E-state index in [2.05, 4.69) is 12.6 Å². The predicted molar refractivity (Wildman–Crippen MR) is 33.2 cm³/mol. The van der Waals surface area contributed by atoms with Crippen LogP contribution in [0.25, 0.3) is 0 Å². The Bertz CT molecular complexity index is 42.7. The van der Waals surface area contributed by atoms with Crippen LogP contribution >= 0.6 is 12.6 Å². The molecule has 0 unspecified atom stereocenters. The summed E-state index contributed by atoms with van der Waals surface area (Å²) >= 11 is 3.35. The summed E-state index contributed by atoms with van der Waals surface area (Å²) in [6, 6.07) is 0. The van der Waals surface area contributed by atoms with Gasteiger partial charge in [-0.1, -0.05) is 0 Å². The molecular formula is C2H9O3SSb. The summed E-state index contributed by atoms with van der Waals surface area (Å²) in [6.07, 6.45) is 0. The van der Waals surface area contributed by atoms with E-state index in [1.807, 2.05) is 0 Å². The van der Waals surface area contributed by atoms with Gasteiger partial charge in [0.05, 0.1) is 5.75 Å². The molecule has 0 radical (unpaired) electrons. The van der Waals surface area contributed by atoms with Crippen LogP contribution in [-0.2, 0) is 0 Å². The Morgan fingerprint density at radius 3 is 1.43 bits per heavy atom. The van der Waals surface area contributed by atoms with E-state index < -0.39 is 5.97 Å². The first kappa shape index (κ1) is 10.9. The minimum absolute atomic E-state index is 0. The van der Waals surface area contributed by atoms with Crippen LogP contribution in [0, 0.1) is 0 Å². The minimum atomic E-state index is -2.59. The van der Waals surface area contributed by atoms with Crippen LogP contribution in [0.1, 0.15) is 0 Å². The maximum absolute atomic E-state index is 7.86. The van der Waals surface area contributed by atoms with Crippen LogP contribution < -0.4 is 0 Å². The van der Waals surface area contributed by atoms with Gasteiger partial charge in [0.1, 0.15) is 0 Å². The van der Waals surface area contributed by atoms with Crippen molar-refractivity contribution in [2.24, 2.45) is 0 Å². The van der Waals surface area contributed by atoms with Gasteiger partial charge in [0.15, 0.2) is 0 Å². The van der Waals surface area contributed by atoms with E-state index in [0.717, 1.165) is 0 Å². The van der Waals surface area contributed by atoms with Crippen molar-refractivity contribution in [2.45, 2.75) is 5.97 Å². The third-order valence-electron chi connectivity index (χ3n) is 0.212. The van der Waals surface area contributed by atoms with Gasteiger partial charge >= 0.3 is 24.4 Å². The fourth-order valence-corrected chi connectivity index (χ4v) is 0. The molecule has 0 aliphatic rings. The molecule has 0 spiro atoms. The zero-order valence-electron chi connectivity index (χ0n) is 3.70. The van der Waals surface area contributed by atoms with Gasteiger partial charge in [-0.15, -0.1) is 0 Å². The van der Waals surface area contributed by atoms with Gasteiger partial charge in [-0.3, -0.25) is 0 Å². The Balaban J connectivity index is 0. The van der Waals surface area contributed by atoms with E-state index in [4.69, 9.17) is 15.3 Å². The average molecular weight is 235 g/mol. The van der Waals surface area contributed by atoms with E-state index in [0.29, 0.717) is 0 Å². The molecule has 3 N–H and O–H groups in total. The maximum atomic E-state index is 7.86. The normalized spacial score (nSPS) is 10.3. The van der Waals surface area contributed by atoms with Gasteiger partial charge in [0.25, 0.3) is 5.97 Å². The Morgan fingerprint density at radius 2 is 1.43 bits per heavy atom. The summed E-state index contributed by atoms with van der Waals surface area (Å²) in [5.74, 6) is -2.96. The number of hydrogen-bond donors (Lipinski definition) is 4. The molecule has 7 heavy (non-hydrogen) atoms. The van der Waals surface area contributed by atoms with E-state index in [9.17, 15) is 0 Å². The van der Waals surface area contributed by atoms with Crippen molar-refractivity contribution >= 4 is 37.1 Å². The van der Waals surface area contributed by atoms with Gasteiger partial charge in [0.2, 0.25) is 0 Å². The molecule has 0 aliphatic carbocycles. The Morgan fingerprint density at radius 1 is 1.29 bits per heavy atom. The zero-order valence-corrected chi connectivity index (χ0v) is 8.63. The second-order valence-corrected chi connectivity index (χ2v) is 1.25. The van der Waals surface area contributed by atoms with Gasteiger partial charge in [-0.05, 0) is 0 Å². The Kier molecular flexibility index (Phi) is 6.21. The predicted octanol–water partition coefficient (Wildman–Crippen LogP) is -2.64. The summed E-state index contributed by atoms with van der Waals surface area (Å²) in [5, 5.41) is 23.6. The summed E-state index contributed by atoms with van der Waals surface area (Å²) < 4.78 is 0. The van der Waals surface area contributed by atoms with E-state index >= 15 is 0 Å². The second kappa shape index (κ2) is 3.98. The first-order valence-corrected chi connectivity index (χ1v) is 1.97. The molecule has 0 heterocycles. The summed E-state index contributed by atoms with van der Waals surface area (Å²) in [5.41, 5.74) is 0. The molecular weight excluding hydrogens is 226 g/mol. The summed E-state index contributed by atoms with van der Waals surface area (Å²) in [4.78, 5) is 0. The van der Waals surface area contributed by atoms with Crippen LogP contribution in [0.5, 0.6) is 0 Å². The average Bonchev–Trinajstić information content (AvgIpc) is 1.35. The number of hydrogen-bond acceptors (Lipinski definition) is 4. The molecule has 0 aromatic rings. The van der Waals surface area contributed by atoms with Crippen LogP contribution in [0.4, 0.5) is 0 Å². The molecule has 3 nitrogen and oxygen atoms in total. The van der Waals surface area contributed by atoms with E-state index in [1.54, 1.807) is 0 Å². The molecule has 0 saturated heterocycles. The zero-order chi connectivity index (χ0) is 5.21. The number of rotatable bonds is 1. The van der Waals surface area contributed by atoms with Gasteiger partial charge in [0, 0.05) is 0 Å². The standard InChI is InChI=1S/C2H6O3S.Sb.3H/c3-2(4,5)1-6;;;;/h3-6H,1H2;;;;. The molecule has 0 atom stereocenters. The van der Waals surface area contributed by atoms with E-state index in [1.165, 1.54) is 0 Å². The van der Waals surface area contributed by atoms with Crippen molar-refractivity contribution in [1.82, 2.24) is 0 Å². The molecule has 0 rings (SSSR count). The molecule has 0 aliphatic heterocycles. The van der Waals surface area contributed by atoms with Crippen molar-refractivity contribution in [2.75, 3.05) is 5.75 Å². The summed E-state index contributed by atoms with van der Waals surface area (Å²) in [6.45, 7) is 0. The number of thiol groups is 1. The number of aliphatic hydroxyl groups is 3. The molecule has 46 valence electrons. The molecule has 0 amide bonds. The third-order valence-corrected chi connectivity index (χ3v) is 0.636. The van der Waals surface area contributed by atoms with Gasteiger partial charge in [-0.25, -0.2) is 0 Å². The first-order valence-electron chi connectivity index (χ1n) is 1.34. The Hall–Kier alpha value is 1.05. The van der Waals surface area contributed by atoms with Crippen molar-refractivity contribution in [3.05, 3.63) is 0 Å². The van der Waals surface area contributed by atoms with E-state index in [-0.39, 0.29) is 30.2 Å². The fourth-order valence-electron chi connectivity index (χ4n) is 0. The van der Waals surface area contributed by atoms with Crippen molar-refractivity contribution in [1.29, 1.82) is 0 Å². The molecule has 0 bridgehead atoms. The van der Waals surface area contributed by atoms with Crippen LogP contribution in [0.15, 0.2) is 0 Å². The second-order valence-electron chi connectivity index (χ2n) is 0.932. The monoisotopic (exact) mass is 234 g/mol. The molecule has 0 aromatic heterocycles. The summed E-state index contributed by atoms with van der Waals surface area (Å²) in [7, 11) is 0. The fraction of sp³-hybridized carbons (Fsp3) is 1.00. The molecule has 0 saturated carbocycles. The van der Waals surface area contributed by atoms with Crippen molar-refractivity contribution in [3.8, 4) is 0 Å². The van der Waals surface area contributed by atoms with Gasteiger partial charge < -0.3 is 15.3 Å². The van der Waals surface area contributed by atoms with Crippen molar-refractivity contribution in [3.63, 3.8) is 0 Å². The van der Waals surface area contributed by atoms with Crippen LogP contribution in [0.2, 0.25) is 0 Å². The molecule has 0 aromatic carbocycles. The van der Waals surface area contributed by atoms with Crippen LogP contribution in [0.3, 0.4) is 0 Å². The topological polar surface area (TPSA) is 60.7 Å². The van der Waals surface area contributed by atoms with Crippen molar-refractivity contribution < 1.29 is 15.3 Å². The van der Waals surface area contributed by atoms with Crippen LogP contribution in [-0.4, -0.2) is 51.5 Å². The Labute approximate surface area is 64.2 Å². The third kappa shape index (κ3) is 11.0. The SMILES string of the molecule is OC(O)(O)CS.[SbH3]. The molecule has 5 heteroatoms. The quantitative estimate of drug-likeness (QED) is 0.228. The first-order chi connectivity index (χ1) is 2.56. The molecule has 0 fully saturated rings. The van der Waals surface area contributed by atoms with Gasteiger partial charge in [-0.2, -0.15) is 12.6 Å².